The van der Waals surface area contributed by atoms with Gasteiger partial charge in [-0.25, -0.2) is 0 Å². The van der Waals surface area contributed by atoms with Crippen molar-refractivity contribution in [1.82, 2.24) is 4.57 Å². The van der Waals surface area contributed by atoms with Crippen LogP contribution in [-0.2, 0) is 0 Å². The van der Waals surface area contributed by atoms with E-state index in [-0.39, 0.29) is 0 Å². The van der Waals surface area contributed by atoms with E-state index in [0.717, 1.165) is 66.6 Å². The number of anilines is 3. The van der Waals surface area contributed by atoms with Crippen molar-refractivity contribution in [3.63, 3.8) is 0 Å². The Kier molecular flexibility index (Phi) is 8.17. The molecule has 0 aliphatic carbocycles. The largest absolute Gasteiger partial charge is 0.455 e. The molecular formula is C58H38N2O. The van der Waals surface area contributed by atoms with Crippen molar-refractivity contribution < 1.29 is 4.42 Å². The Morgan fingerprint density at radius 3 is 1.72 bits per heavy atom. The Labute approximate surface area is 353 Å². The zero-order chi connectivity index (χ0) is 40.3. The number of rotatable bonds is 7. The van der Waals surface area contributed by atoms with Gasteiger partial charge in [-0.3, -0.25) is 0 Å². The van der Waals surface area contributed by atoms with Crippen LogP contribution in [0.2, 0.25) is 0 Å². The molecule has 3 heteroatoms. The summed E-state index contributed by atoms with van der Waals surface area (Å²) in [5, 5.41) is 6.93. The van der Waals surface area contributed by atoms with Crippen LogP contribution in [0.5, 0.6) is 0 Å². The summed E-state index contributed by atoms with van der Waals surface area (Å²) in [6, 6.07) is 82.8. The van der Waals surface area contributed by atoms with Crippen molar-refractivity contribution in [3.8, 4) is 39.1 Å². The van der Waals surface area contributed by atoms with Crippen LogP contribution < -0.4 is 4.90 Å². The summed E-state index contributed by atoms with van der Waals surface area (Å²) < 4.78 is 9.09. The van der Waals surface area contributed by atoms with E-state index in [1.165, 1.54) is 44.1 Å². The lowest BCUT2D eigenvalue weighted by molar-refractivity contribution is 0.672. The van der Waals surface area contributed by atoms with E-state index in [1.807, 2.05) is 0 Å². The minimum absolute atomic E-state index is 0.861. The number of nitrogens with zero attached hydrogens (tertiary/aromatic N) is 2. The maximum Gasteiger partial charge on any atom is 0.143 e. The van der Waals surface area contributed by atoms with Gasteiger partial charge in [0.2, 0.25) is 0 Å². The second kappa shape index (κ2) is 14.3. The van der Waals surface area contributed by atoms with Gasteiger partial charge in [-0.1, -0.05) is 158 Å². The fraction of sp³-hybridized carbons (Fsp3) is 0. The Bertz CT molecular complexity index is 3560. The minimum atomic E-state index is 0.861. The van der Waals surface area contributed by atoms with Gasteiger partial charge in [0, 0.05) is 38.6 Å². The Morgan fingerprint density at radius 2 is 0.934 bits per heavy atom. The van der Waals surface area contributed by atoms with Gasteiger partial charge in [0.15, 0.2) is 0 Å². The summed E-state index contributed by atoms with van der Waals surface area (Å²) in [6.45, 7) is 0. The van der Waals surface area contributed by atoms with Gasteiger partial charge in [-0.2, -0.15) is 0 Å². The summed E-state index contributed by atoms with van der Waals surface area (Å²) in [4.78, 5) is 2.39. The maximum absolute atomic E-state index is 6.72. The van der Waals surface area contributed by atoms with E-state index in [0.29, 0.717) is 0 Å². The standard InChI is InChI=1S/C58H38N2O/c1-3-13-39(14-4-1)40-25-27-41(28-26-40)42-29-33-47(34-30-42)59(55-23-12-24-56-57(55)51-35-31-43-15-7-8-20-49(43)58(51)61-56)48-19-11-16-44(37-48)45-32-36-54-52(38-45)50-21-9-10-22-53(50)60(54)46-17-5-2-6-18-46/h1-38H. The summed E-state index contributed by atoms with van der Waals surface area (Å²) in [5.74, 6) is 0. The molecule has 0 amide bonds. The molecule has 61 heavy (non-hydrogen) atoms. The lowest BCUT2D eigenvalue weighted by Crippen LogP contribution is -2.10. The van der Waals surface area contributed by atoms with Crippen LogP contribution in [-0.4, -0.2) is 4.57 Å². The Hall–Kier alpha value is -8.14. The number of aromatic nitrogens is 1. The summed E-state index contributed by atoms with van der Waals surface area (Å²) >= 11 is 0. The van der Waals surface area contributed by atoms with Crippen molar-refractivity contribution in [3.05, 3.63) is 231 Å². The number of hydrogen-bond acceptors (Lipinski definition) is 2. The molecule has 3 nitrogen and oxygen atoms in total. The van der Waals surface area contributed by atoms with Crippen molar-refractivity contribution in [2.45, 2.75) is 0 Å². The molecule has 0 aliphatic heterocycles. The zero-order valence-electron chi connectivity index (χ0n) is 33.2. The highest BCUT2D eigenvalue weighted by atomic mass is 16.3. The molecule has 2 heterocycles. The molecule has 2 aromatic heterocycles. The monoisotopic (exact) mass is 778 g/mol. The second-order valence-electron chi connectivity index (χ2n) is 15.7. The van der Waals surface area contributed by atoms with Gasteiger partial charge in [0.25, 0.3) is 0 Å². The number of furan rings is 1. The van der Waals surface area contributed by atoms with Crippen molar-refractivity contribution in [2.24, 2.45) is 0 Å². The summed E-state index contributed by atoms with van der Waals surface area (Å²) in [5.41, 5.74) is 15.6. The van der Waals surface area contributed by atoms with E-state index in [1.54, 1.807) is 0 Å². The highest BCUT2D eigenvalue weighted by Crippen LogP contribution is 2.45. The quantitative estimate of drug-likeness (QED) is 0.161. The van der Waals surface area contributed by atoms with Crippen LogP contribution in [0.3, 0.4) is 0 Å². The van der Waals surface area contributed by atoms with Gasteiger partial charge in [0.05, 0.1) is 22.1 Å². The first kappa shape index (κ1) is 34.9. The predicted molar refractivity (Wildman–Crippen MR) is 257 cm³/mol. The molecule has 12 rings (SSSR count). The third-order valence-corrected chi connectivity index (χ3v) is 12.2. The van der Waals surface area contributed by atoms with Crippen LogP contribution in [0.1, 0.15) is 0 Å². The van der Waals surface area contributed by atoms with Crippen molar-refractivity contribution >= 4 is 71.6 Å². The third-order valence-electron chi connectivity index (χ3n) is 12.2. The molecule has 12 aromatic rings. The van der Waals surface area contributed by atoms with Gasteiger partial charge in [0.1, 0.15) is 11.2 Å². The fourth-order valence-corrected chi connectivity index (χ4v) is 9.27. The normalized spacial score (nSPS) is 11.6. The fourth-order valence-electron chi connectivity index (χ4n) is 9.27. The molecule has 0 aliphatic rings. The number of benzene rings is 10. The number of para-hydroxylation sites is 2. The predicted octanol–water partition coefficient (Wildman–Crippen LogP) is 16.3. The van der Waals surface area contributed by atoms with Crippen molar-refractivity contribution in [2.75, 3.05) is 4.90 Å². The van der Waals surface area contributed by atoms with E-state index < -0.39 is 0 Å². The third kappa shape index (κ3) is 5.90. The molecule has 0 spiro atoms. The van der Waals surface area contributed by atoms with E-state index in [2.05, 4.69) is 240 Å². The zero-order valence-corrected chi connectivity index (χ0v) is 33.2. The molecule has 0 saturated carbocycles. The average Bonchev–Trinajstić information content (AvgIpc) is 3.89. The SMILES string of the molecule is c1ccc(-c2ccc(-c3ccc(N(c4cccc(-c5ccc6c(c5)c5ccccc5n6-c5ccccc5)c4)c4cccc5oc6c7ccccc7ccc6c45)cc3)cc2)cc1. The molecule has 0 radical (unpaired) electrons. The summed E-state index contributed by atoms with van der Waals surface area (Å²) in [6.07, 6.45) is 0. The lowest BCUT2D eigenvalue weighted by Gasteiger charge is -2.27. The van der Waals surface area contributed by atoms with Crippen LogP contribution in [0.4, 0.5) is 17.1 Å². The molecule has 0 unspecified atom stereocenters. The maximum atomic E-state index is 6.72. The molecule has 0 N–H and O–H groups in total. The van der Waals surface area contributed by atoms with Crippen molar-refractivity contribution in [1.29, 1.82) is 0 Å². The molecular weight excluding hydrogens is 741 g/mol. The van der Waals surface area contributed by atoms with E-state index >= 15 is 0 Å². The minimum Gasteiger partial charge on any atom is -0.455 e. The first-order chi connectivity index (χ1) is 30.2. The molecule has 0 bridgehead atoms. The van der Waals surface area contributed by atoms with Crippen LogP contribution in [0, 0.1) is 0 Å². The topological polar surface area (TPSA) is 21.3 Å². The Balaban J connectivity index is 1.01. The van der Waals surface area contributed by atoms with E-state index in [4.69, 9.17) is 4.42 Å². The molecule has 0 saturated heterocycles. The van der Waals surface area contributed by atoms with Gasteiger partial charge in [-0.05, 0) is 112 Å². The first-order valence-electron chi connectivity index (χ1n) is 20.8. The van der Waals surface area contributed by atoms with Crippen LogP contribution in [0.25, 0.3) is 93.6 Å². The molecule has 0 atom stereocenters. The summed E-state index contributed by atoms with van der Waals surface area (Å²) in [7, 11) is 0. The Morgan fingerprint density at radius 1 is 0.344 bits per heavy atom. The van der Waals surface area contributed by atoms with Gasteiger partial charge < -0.3 is 13.9 Å². The highest BCUT2D eigenvalue weighted by molar-refractivity contribution is 6.19. The number of fused-ring (bicyclic) bond motifs is 8. The molecule has 10 aromatic carbocycles. The smallest absolute Gasteiger partial charge is 0.143 e. The van der Waals surface area contributed by atoms with E-state index in [9.17, 15) is 0 Å². The molecule has 0 fully saturated rings. The number of hydrogen-bond donors (Lipinski definition) is 0. The van der Waals surface area contributed by atoms with Crippen LogP contribution >= 0.6 is 0 Å². The second-order valence-corrected chi connectivity index (χ2v) is 15.7. The average molecular weight is 779 g/mol. The molecule has 286 valence electrons. The van der Waals surface area contributed by atoms with Crippen LogP contribution in [0.15, 0.2) is 235 Å². The van der Waals surface area contributed by atoms with Gasteiger partial charge in [-0.15, -0.1) is 0 Å². The van der Waals surface area contributed by atoms with Gasteiger partial charge >= 0.3 is 0 Å². The lowest BCUT2D eigenvalue weighted by atomic mass is 9.99. The first-order valence-corrected chi connectivity index (χ1v) is 20.8. The highest BCUT2D eigenvalue weighted by Gasteiger charge is 2.21.